The Morgan fingerprint density at radius 1 is 1.14 bits per heavy atom. The number of carbonyl (C=O) groups excluding carboxylic acids is 1. The molecule has 0 spiro atoms. The van der Waals surface area contributed by atoms with Crippen LogP contribution in [0.5, 0.6) is 5.75 Å². The van der Waals surface area contributed by atoms with Crippen molar-refractivity contribution in [2.45, 2.75) is 24.0 Å². The molecule has 35 heavy (non-hydrogen) atoms. The van der Waals surface area contributed by atoms with Gasteiger partial charge in [0.05, 0.1) is 12.9 Å². The van der Waals surface area contributed by atoms with E-state index in [1.807, 2.05) is 41.0 Å². The lowest BCUT2D eigenvalue weighted by atomic mass is 10.2. The summed E-state index contributed by atoms with van der Waals surface area (Å²) in [6.07, 6.45) is 4.87. The predicted octanol–water partition coefficient (Wildman–Crippen LogP) is 2.08. The van der Waals surface area contributed by atoms with E-state index in [4.69, 9.17) is 10.5 Å². The van der Waals surface area contributed by atoms with Crippen LogP contribution in [0.15, 0.2) is 63.5 Å². The number of carbonyl (C=O) groups is 1. The highest BCUT2D eigenvalue weighted by Gasteiger charge is 2.30. The molecular weight excluding hydrogens is 470 g/mol. The number of ketones is 1. The number of nitrogens with zero attached hydrogens (tertiary/aromatic N) is 5. The Morgan fingerprint density at radius 3 is 2.51 bits per heavy atom. The van der Waals surface area contributed by atoms with Crippen molar-refractivity contribution in [2.75, 3.05) is 18.6 Å². The second-order valence-electron chi connectivity index (χ2n) is 7.91. The summed E-state index contributed by atoms with van der Waals surface area (Å²) in [7, 11) is 1.59. The highest BCUT2D eigenvalue weighted by atomic mass is 32.2. The van der Waals surface area contributed by atoms with Crippen LogP contribution in [0.4, 0.5) is 5.82 Å². The number of H-pyrrole nitrogens is 1. The normalized spacial score (nSPS) is 13.1. The summed E-state index contributed by atoms with van der Waals surface area (Å²) in [6, 6.07) is 10.9. The quantitative estimate of drug-likeness (QED) is 0.279. The first kappa shape index (κ1) is 22.6. The van der Waals surface area contributed by atoms with Crippen molar-refractivity contribution in [1.82, 2.24) is 29.3 Å². The summed E-state index contributed by atoms with van der Waals surface area (Å²) in [4.78, 5) is 43.9. The van der Waals surface area contributed by atoms with Gasteiger partial charge in [-0.25, -0.2) is 4.79 Å². The van der Waals surface area contributed by atoms with E-state index >= 15 is 0 Å². The number of thioether (sulfide) groups is 1. The van der Waals surface area contributed by atoms with Crippen molar-refractivity contribution in [3.63, 3.8) is 0 Å². The van der Waals surface area contributed by atoms with Crippen LogP contribution < -0.4 is 21.7 Å². The molecule has 3 heterocycles. The van der Waals surface area contributed by atoms with Crippen molar-refractivity contribution in [3.05, 3.63) is 75.2 Å². The molecule has 0 saturated heterocycles. The summed E-state index contributed by atoms with van der Waals surface area (Å²) in [5.74, 6) is 0.531. The van der Waals surface area contributed by atoms with Crippen LogP contribution in [0, 0.1) is 0 Å². The van der Waals surface area contributed by atoms with Crippen LogP contribution in [0.2, 0.25) is 0 Å². The van der Waals surface area contributed by atoms with E-state index in [2.05, 4.69) is 20.2 Å². The van der Waals surface area contributed by atoms with Gasteiger partial charge in [0.15, 0.2) is 16.8 Å². The molecule has 0 bridgehead atoms. The monoisotopic (exact) mass is 491 g/mol. The standard InChI is InChI=1S/C23H21N7O4S/c1-34-16-6-4-15(5-7-16)30-20(13-8-10-25-11-9-13)27-28-23(30)35-12-17(31)18-19(24)29(14-2-3-14)22(33)26-21(18)32/h4-11,14H,2-3,12,24H2,1H3,(H,26,32,33). The van der Waals surface area contributed by atoms with Gasteiger partial charge < -0.3 is 10.5 Å². The molecule has 12 heteroatoms. The molecule has 0 aliphatic heterocycles. The molecule has 4 aromatic rings. The van der Waals surface area contributed by atoms with Gasteiger partial charge in [-0.1, -0.05) is 11.8 Å². The second-order valence-corrected chi connectivity index (χ2v) is 8.85. The zero-order chi connectivity index (χ0) is 24.5. The lowest BCUT2D eigenvalue weighted by Crippen LogP contribution is -2.36. The Balaban J connectivity index is 1.49. The smallest absolute Gasteiger partial charge is 0.330 e. The van der Waals surface area contributed by atoms with E-state index in [0.29, 0.717) is 16.7 Å². The molecule has 0 radical (unpaired) electrons. The molecule has 1 fully saturated rings. The minimum Gasteiger partial charge on any atom is -0.497 e. The Bertz CT molecular complexity index is 1510. The molecule has 178 valence electrons. The Labute approximate surface area is 203 Å². The predicted molar refractivity (Wildman–Crippen MR) is 130 cm³/mol. The molecule has 3 aromatic heterocycles. The zero-order valence-corrected chi connectivity index (χ0v) is 19.5. The molecule has 1 aliphatic carbocycles. The van der Waals surface area contributed by atoms with Crippen LogP contribution in [0.1, 0.15) is 29.2 Å². The minimum absolute atomic E-state index is 0.0837. The molecule has 1 saturated carbocycles. The number of nitrogens with one attached hydrogen (secondary N) is 1. The molecule has 5 rings (SSSR count). The average molecular weight is 492 g/mol. The van der Waals surface area contributed by atoms with E-state index < -0.39 is 17.0 Å². The number of rotatable bonds is 8. The summed E-state index contributed by atoms with van der Waals surface area (Å²) in [5.41, 5.74) is 6.04. The third-order valence-electron chi connectivity index (χ3n) is 5.61. The number of nitrogens with two attached hydrogens (primary N) is 1. The number of anilines is 1. The fraction of sp³-hybridized carbons (Fsp3) is 0.217. The largest absolute Gasteiger partial charge is 0.497 e. The SMILES string of the molecule is COc1ccc(-n2c(SCC(=O)c3c(N)n(C4CC4)c(=O)[nH]c3=O)nnc2-c2ccncc2)cc1. The van der Waals surface area contributed by atoms with Gasteiger partial charge >= 0.3 is 5.69 Å². The van der Waals surface area contributed by atoms with Crippen molar-refractivity contribution in [3.8, 4) is 22.8 Å². The number of aromatic amines is 1. The first-order valence-corrected chi connectivity index (χ1v) is 11.8. The van der Waals surface area contributed by atoms with E-state index in [1.165, 1.54) is 4.57 Å². The first-order chi connectivity index (χ1) is 17.0. The highest BCUT2D eigenvalue weighted by molar-refractivity contribution is 7.99. The van der Waals surface area contributed by atoms with Gasteiger partial charge in [-0.05, 0) is 49.2 Å². The van der Waals surface area contributed by atoms with Gasteiger partial charge in [-0.3, -0.25) is 28.7 Å². The van der Waals surface area contributed by atoms with Crippen molar-refractivity contribution in [1.29, 1.82) is 0 Å². The maximum absolute atomic E-state index is 13.1. The van der Waals surface area contributed by atoms with Crippen LogP contribution in [0.25, 0.3) is 17.1 Å². The lowest BCUT2D eigenvalue weighted by molar-refractivity contribution is 0.102. The Hall–Kier alpha value is -4.19. The number of nitrogen functional groups attached to an aromatic ring is 1. The fourth-order valence-corrected chi connectivity index (χ4v) is 4.57. The topological polar surface area (TPSA) is 151 Å². The van der Waals surface area contributed by atoms with E-state index in [0.717, 1.165) is 35.9 Å². The molecule has 1 aliphatic rings. The van der Waals surface area contributed by atoms with Crippen molar-refractivity contribution in [2.24, 2.45) is 0 Å². The summed E-state index contributed by atoms with van der Waals surface area (Å²) >= 11 is 1.12. The maximum Gasteiger partial charge on any atom is 0.330 e. The number of aromatic nitrogens is 6. The van der Waals surface area contributed by atoms with Crippen LogP contribution in [-0.2, 0) is 0 Å². The van der Waals surface area contributed by atoms with Gasteiger partial charge in [-0.2, -0.15) is 0 Å². The van der Waals surface area contributed by atoms with Gasteiger partial charge in [-0.15, -0.1) is 10.2 Å². The molecule has 0 unspecified atom stereocenters. The summed E-state index contributed by atoms with van der Waals surface area (Å²) in [5, 5.41) is 9.07. The first-order valence-electron chi connectivity index (χ1n) is 10.8. The van der Waals surface area contributed by atoms with E-state index in [9.17, 15) is 14.4 Å². The number of pyridine rings is 1. The number of methoxy groups -OCH3 is 1. The highest BCUT2D eigenvalue weighted by Crippen LogP contribution is 2.35. The average Bonchev–Trinajstić information content (AvgIpc) is 3.60. The zero-order valence-electron chi connectivity index (χ0n) is 18.7. The maximum atomic E-state index is 13.1. The number of hydrogen-bond donors (Lipinski definition) is 2. The van der Waals surface area contributed by atoms with Crippen LogP contribution >= 0.6 is 11.8 Å². The lowest BCUT2D eigenvalue weighted by Gasteiger charge is -2.12. The molecular formula is C23H21N7O4S. The number of ether oxygens (including phenoxy) is 1. The molecule has 0 amide bonds. The van der Waals surface area contributed by atoms with E-state index in [-0.39, 0.29) is 23.2 Å². The van der Waals surface area contributed by atoms with Gasteiger partial charge in [0.2, 0.25) is 0 Å². The molecule has 1 aromatic carbocycles. The minimum atomic E-state index is -0.788. The Kier molecular flexibility index (Phi) is 5.95. The summed E-state index contributed by atoms with van der Waals surface area (Å²) < 4.78 is 8.36. The van der Waals surface area contributed by atoms with E-state index in [1.54, 1.807) is 19.5 Å². The summed E-state index contributed by atoms with van der Waals surface area (Å²) in [6.45, 7) is 0. The molecule has 0 atom stereocenters. The molecule has 3 N–H and O–H groups in total. The van der Waals surface area contributed by atoms with Gasteiger partial charge in [0.25, 0.3) is 5.56 Å². The van der Waals surface area contributed by atoms with Crippen molar-refractivity contribution >= 4 is 23.4 Å². The Morgan fingerprint density at radius 2 is 1.86 bits per heavy atom. The number of Topliss-reactive ketones (excluding diaryl/α,β-unsaturated/α-hetero) is 1. The fourth-order valence-electron chi connectivity index (χ4n) is 3.75. The third-order valence-corrected chi connectivity index (χ3v) is 6.54. The number of hydrogen-bond acceptors (Lipinski definition) is 9. The molecule has 11 nitrogen and oxygen atoms in total. The second kappa shape index (κ2) is 9.22. The van der Waals surface area contributed by atoms with Gasteiger partial charge in [0.1, 0.15) is 17.1 Å². The third kappa shape index (κ3) is 4.35. The van der Waals surface area contributed by atoms with Crippen LogP contribution in [0.3, 0.4) is 0 Å². The van der Waals surface area contributed by atoms with Crippen LogP contribution in [-0.4, -0.2) is 47.9 Å². The number of benzene rings is 1. The van der Waals surface area contributed by atoms with Crippen molar-refractivity contribution < 1.29 is 9.53 Å². The van der Waals surface area contributed by atoms with Gasteiger partial charge in [0, 0.05) is 29.7 Å².